The lowest BCUT2D eigenvalue weighted by molar-refractivity contribution is 0.627. The average molecular weight is 363 g/mol. The summed E-state index contributed by atoms with van der Waals surface area (Å²) in [6.45, 7) is 0.388. The fourth-order valence-electron chi connectivity index (χ4n) is 3.28. The molecule has 8 heteroatoms. The molecule has 4 aromatic rings. The topological polar surface area (TPSA) is 108 Å². The van der Waals surface area contributed by atoms with E-state index >= 15 is 0 Å². The zero-order valence-electron chi connectivity index (χ0n) is 14.5. The molecule has 0 atom stereocenters. The third-order valence-corrected chi connectivity index (χ3v) is 4.87. The van der Waals surface area contributed by atoms with Crippen molar-refractivity contribution in [3.05, 3.63) is 53.7 Å². The number of nitrogen functional groups attached to an aromatic ring is 1. The number of hydrogen-bond acceptors (Lipinski definition) is 5. The molecular formula is C19H18FN7. The summed E-state index contributed by atoms with van der Waals surface area (Å²) in [5.74, 6) is 1.04. The van der Waals surface area contributed by atoms with Crippen LogP contribution in [0.1, 0.15) is 30.0 Å². The molecule has 0 amide bonds. The number of nitrogens with one attached hydrogen (secondary N) is 3. The lowest BCUT2D eigenvalue weighted by Gasteiger charge is -2.08. The minimum atomic E-state index is -0.289. The van der Waals surface area contributed by atoms with E-state index in [-0.39, 0.29) is 5.82 Å². The Morgan fingerprint density at radius 2 is 2.15 bits per heavy atom. The average Bonchev–Trinajstić information content (AvgIpc) is 3.19. The summed E-state index contributed by atoms with van der Waals surface area (Å²) in [5, 5.41) is 11.4. The summed E-state index contributed by atoms with van der Waals surface area (Å²) >= 11 is 0. The fraction of sp³-hybridized carbons (Fsp3) is 0.211. The molecule has 0 spiro atoms. The zero-order chi connectivity index (χ0) is 18.4. The molecule has 0 radical (unpaired) electrons. The van der Waals surface area contributed by atoms with Gasteiger partial charge in [0.2, 0.25) is 5.95 Å². The second-order valence-corrected chi connectivity index (χ2v) is 6.83. The number of hydrogen-bond donors (Lipinski definition) is 4. The van der Waals surface area contributed by atoms with Gasteiger partial charge in [-0.3, -0.25) is 5.10 Å². The van der Waals surface area contributed by atoms with Gasteiger partial charge < -0.3 is 16.0 Å². The highest BCUT2D eigenvalue weighted by atomic mass is 19.1. The highest BCUT2D eigenvalue weighted by Gasteiger charge is 2.26. The van der Waals surface area contributed by atoms with E-state index in [1.165, 1.54) is 25.0 Å². The van der Waals surface area contributed by atoms with E-state index in [0.29, 0.717) is 29.8 Å². The second kappa shape index (κ2) is 6.08. The molecule has 0 saturated heterocycles. The number of anilines is 2. The lowest BCUT2D eigenvalue weighted by atomic mass is 10.1. The summed E-state index contributed by atoms with van der Waals surface area (Å²) in [7, 11) is 0. The smallest absolute Gasteiger partial charge is 0.224 e. The van der Waals surface area contributed by atoms with Crippen LogP contribution < -0.4 is 11.1 Å². The molecule has 0 unspecified atom stereocenters. The van der Waals surface area contributed by atoms with Crippen LogP contribution in [0.3, 0.4) is 0 Å². The SMILES string of the molecule is Nc1nc(NCc2cc(F)cc3[nH]ccc23)ncc1-c1cc(C2CC2)[nH]n1. The van der Waals surface area contributed by atoms with Gasteiger partial charge in [0.25, 0.3) is 0 Å². The molecule has 3 aromatic heterocycles. The van der Waals surface area contributed by atoms with Gasteiger partial charge in [-0.15, -0.1) is 0 Å². The maximum absolute atomic E-state index is 13.8. The van der Waals surface area contributed by atoms with Crippen molar-refractivity contribution in [3.63, 3.8) is 0 Å². The van der Waals surface area contributed by atoms with Crippen LogP contribution in [-0.4, -0.2) is 25.1 Å². The highest BCUT2D eigenvalue weighted by Crippen LogP contribution is 2.40. The molecule has 1 saturated carbocycles. The lowest BCUT2D eigenvalue weighted by Crippen LogP contribution is -2.06. The van der Waals surface area contributed by atoms with E-state index in [2.05, 4.69) is 30.5 Å². The Hall–Kier alpha value is -3.42. The van der Waals surface area contributed by atoms with Crippen LogP contribution in [0.2, 0.25) is 0 Å². The molecule has 1 aliphatic carbocycles. The first-order valence-corrected chi connectivity index (χ1v) is 8.85. The Labute approximate surface area is 154 Å². The Bertz CT molecular complexity index is 1130. The first kappa shape index (κ1) is 15.8. The van der Waals surface area contributed by atoms with Crippen LogP contribution in [0.25, 0.3) is 22.2 Å². The molecule has 5 N–H and O–H groups in total. The molecule has 5 rings (SSSR count). The molecule has 7 nitrogen and oxygen atoms in total. The van der Waals surface area contributed by atoms with Crippen molar-refractivity contribution in [1.82, 2.24) is 25.1 Å². The molecule has 0 aliphatic heterocycles. The Balaban J connectivity index is 1.36. The van der Waals surface area contributed by atoms with Crippen LogP contribution in [-0.2, 0) is 6.54 Å². The number of rotatable bonds is 5. The molecule has 1 fully saturated rings. The van der Waals surface area contributed by atoms with E-state index in [1.807, 2.05) is 12.1 Å². The second-order valence-electron chi connectivity index (χ2n) is 6.83. The Morgan fingerprint density at radius 3 is 2.96 bits per heavy atom. The predicted octanol–water partition coefficient (Wildman–Crippen LogP) is 3.56. The normalized spacial score (nSPS) is 14.0. The third kappa shape index (κ3) is 2.99. The number of benzene rings is 1. The van der Waals surface area contributed by atoms with Crippen molar-refractivity contribution in [1.29, 1.82) is 0 Å². The summed E-state index contributed by atoms with van der Waals surface area (Å²) in [5.41, 5.74) is 10.3. The molecule has 1 aromatic carbocycles. The minimum absolute atomic E-state index is 0.289. The fourth-order valence-corrected chi connectivity index (χ4v) is 3.28. The monoisotopic (exact) mass is 363 g/mol. The molecule has 27 heavy (non-hydrogen) atoms. The van der Waals surface area contributed by atoms with Gasteiger partial charge in [-0.25, -0.2) is 9.37 Å². The van der Waals surface area contributed by atoms with Gasteiger partial charge in [0, 0.05) is 41.5 Å². The van der Waals surface area contributed by atoms with Crippen LogP contribution >= 0.6 is 0 Å². The summed E-state index contributed by atoms with van der Waals surface area (Å²) in [6, 6.07) is 6.90. The summed E-state index contributed by atoms with van der Waals surface area (Å²) < 4.78 is 13.8. The summed E-state index contributed by atoms with van der Waals surface area (Å²) in [6.07, 6.45) is 5.85. The number of halogens is 1. The maximum Gasteiger partial charge on any atom is 0.224 e. The van der Waals surface area contributed by atoms with Gasteiger partial charge in [0.15, 0.2) is 0 Å². The van der Waals surface area contributed by atoms with Crippen LogP contribution in [0, 0.1) is 5.82 Å². The Morgan fingerprint density at radius 1 is 1.26 bits per heavy atom. The standard InChI is InChI=1S/C19H18FN7/c20-12-5-11(13-3-4-22-16(13)6-12)8-23-19-24-9-14(18(21)25-19)17-7-15(26-27-17)10-1-2-10/h3-7,9-10,22H,1-2,8H2,(H,26,27)(H3,21,23,24,25). The molecule has 0 bridgehead atoms. The highest BCUT2D eigenvalue weighted by molar-refractivity contribution is 5.83. The van der Waals surface area contributed by atoms with Crippen LogP contribution in [0.4, 0.5) is 16.2 Å². The first-order chi connectivity index (χ1) is 13.2. The van der Waals surface area contributed by atoms with E-state index in [9.17, 15) is 4.39 Å². The molecular weight excluding hydrogens is 345 g/mol. The Kier molecular flexibility index (Phi) is 3.56. The molecule has 136 valence electrons. The molecule has 3 heterocycles. The maximum atomic E-state index is 13.8. The van der Waals surface area contributed by atoms with E-state index in [4.69, 9.17) is 5.73 Å². The van der Waals surface area contributed by atoms with Crippen LogP contribution in [0.5, 0.6) is 0 Å². The summed E-state index contributed by atoms with van der Waals surface area (Å²) in [4.78, 5) is 11.7. The largest absolute Gasteiger partial charge is 0.383 e. The first-order valence-electron chi connectivity index (χ1n) is 8.85. The number of H-pyrrole nitrogens is 2. The van der Waals surface area contributed by atoms with E-state index in [1.54, 1.807) is 12.4 Å². The van der Waals surface area contributed by atoms with Crippen molar-refractivity contribution < 1.29 is 4.39 Å². The van der Waals surface area contributed by atoms with Gasteiger partial charge in [0.1, 0.15) is 11.6 Å². The van der Waals surface area contributed by atoms with Crippen molar-refractivity contribution in [2.24, 2.45) is 0 Å². The van der Waals surface area contributed by atoms with Gasteiger partial charge in [-0.2, -0.15) is 10.1 Å². The number of aromatic nitrogens is 5. The minimum Gasteiger partial charge on any atom is -0.383 e. The van der Waals surface area contributed by atoms with Crippen molar-refractivity contribution >= 4 is 22.7 Å². The van der Waals surface area contributed by atoms with E-state index in [0.717, 1.165) is 27.9 Å². The number of nitrogens with two attached hydrogens (primary N) is 1. The third-order valence-electron chi connectivity index (χ3n) is 4.87. The van der Waals surface area contributed by atoms with Gasteiger partial charge in [-0.05, 0) is 42.7 Å². The number of fused-ring (bicyclic) bond motifs is 1. The predicted molar refractivity (Wildman–Crippen MR) is 102 cm³/mol. The molecule has 1 aliphatic rings. The van der Waals surface area contributed by atoms with Gasteiger partial charge >= 0.3 is 0 Å². The van der Waals surface area contributed by atoms with Crippen molar-refractivity contribution in [2.75, 3.05) is 11.1 Å². The van der Waals surface area contributed by atoms with Gasteiger partial charge in [0.05, 0.1) is 11.3 Å². The number of aromatic amines is 2. The van der Waals surface area contributed by atoms with Crippen molar-refractivity contribution in [2.45, 2.75) is 25.3 Å². The zero-order valence-corrected chi connectivity index (χ0v) is 14.5. The number of nitrogens with zero attached hydrogens (tertiary/aromatic N) is 3. The van der Waals surface area contributed by atoms with Gasteiger partial charge in [-0.1, -0.05) is 0 Å². The van der Waals surface area contributed by atoms with Crippen LogP contribution in [0.15, 0.2) is 36.7 Å². The van der Waals surface area contributed by atoms with Crippen molar-refractivity contribution in [3.8, 4) is 11.3 Å². The quantitative estimate of drug-likeness (QED) is 0.434. The van der Waals surface area contributed by atoms with E-state index < -0.39 is 0 Å².